The zero-order valence-corrected chi connectivity index (χ0v) is 4.93. The lowest BCUT2D eigenvalue weighted by molar-refractivity contribution is -0.139. The summed E-state index contributed by atoms with van der Waals surface area (Å²) in [5, 5.41) is 11.2. The number of carbonyl (C=O) groups is 1. The third kappa shape index (κ3) is 0.512. The molecule has 3 nitrogen and oxygen atoms in total. The maximum atomic E-state index is 10.2. The molecule has 1 fully saturated rings. The van der Waals surface area contributed by atoms with Gasteiger partial charge in [0, 0.05) is 6.04 Å². The summed E-state index contributed by atoms with van der Waals surface area (Å²) >= 11 is 0. The number of carboxylic acids is 1. The predicted molar refractivity (Wildman–Crippen MR) is 28.6 cm³/mol. The van der Waals surface area contributed by atoms with Crippen LogP contribution in [0.5, 0.6) is 0 Å². The Kier molecular flexibility index (Phi) is 0.854. The van der Waals surface area contributed by atoms with Crippen LogP contribution in [-0.2, 0) is 4.79 Å². The van der Waals surface area contributed by atoms with E-state index in [0.717, 1.165) is 0 Å². The minimum atomic E-state index is -0.759. The van der Waals surface area contributed by atoms with Gasteiger partial charge < -0.3 is 5.11 Å². The van der Waals surface area contributed by atoms with Crippen LogP contribution in [0, 0.1) is 0 Å². The molecule has 2 N–H and O–H groups in total. The number of rotatable bonds is 1. The number of carboxylic acid groups (broad SMARTS) is 1. The molecule has 0 radical (unpaired) electrons. The molecule has 2 atom stereocenters. The Hall–Kier alpha value is -0.570. The Morgan fingerprint density at radius 3 is 2.25 bits per heavy atom. The molecule has 3 heteroatoms. The van der Waals surface area contributed by atoms with E-state index in [-0.39, 0.29) is 6.04 Å². The molecule has 0 aromatic rings. The molecular formula is C5H9NO2. The molecule has 1 aliphatic rings. The van der Waals surface area contributed by atoms with E-state index < -0.39 is 11.5 Å². The van der Waals surface area contributed by atoms with Gasteiger partial charge in [0.05, 0.1) is 0 Å². The summed E-state index contributed by atoms with van der Waals surface area (Å²) in [5.74, 6) is -0.759. The summed E-state index contributed by atoms with van der Waals surface area (Å²) in [7, 11) is 0. The van der Waals surface area contributed by atoms with Gasteiger partial charge in [-0.2, -0.15) is 0 Å². The van der Waals surface area contributed by atoms with E-state index in [9.17, 15) is 4.79 Å². The first kappa shape index (κ1) is 5.56. The summed E-state index contributed by atoms with van der Waals surface area (Å²) < 4.78 is 0. The van der Waals surface area contributed by atoms with Crippen molar-refractivity contribution in [2.24, 2.45) is 0 Å². The molecule has 46 valence electrons. The third-order valence-electron chi connectivity index (χ3n) is 1.74. The Balaban J connectivity index is 2.60. The van der Waals surface area contributed by atoms with E-state index >= 15 is 0 Å². The topological polar surface area (TPSA) is 59.2 Å². The molecule has 0 aromatic heterocycles. The highest BCUT2D eigenvalue weighted by molar-refractivity contribution is 5.83. The molecule has 1 saturated heterocycles. The van der Waals surface area contributed by atoms with E-state index in [1.165, 1.54) is 0 Å². The fourth-order valence-corrected chi connectivity index (χ4v) is 0.655. The highest BCUT2D eigenvalue weighted by Gasteiger charge is 2.52. The first-order valence-electron chi connectivity index (χ1n) is 2.58. The Morgan fingerprint density at radius 2 is 2.25 bits per heavy atom. The van der Waals surface area contributed by atoms with Crippen molar-refractivity contribution in [2.75, 3.05) is 0 Å². The van der Waals surface area contributed by atoms with E-state index in [2.05, 4.69) is 5.32 Å². The van der Waals surface area contributed by atoms with Gasteiger partial charge >= 0.3 is 5.97 Å². The second kappa shape index (κ2) is 1.23. The standard InChI is InChI=1S/C5H9NO2/c1-3-5(2,6-3)4(7)8/h3,6H,1-2H3,(H,7,8). The molecule has 0 spiro atoms. The van der Waals surface area contributed by atoms with Crippen LogP contribution >= 0.6 is 0 Å². The molecule has 0 aliphatic carbocycles. The molecule has 0 aromatic carbocycles. The van der Waals surface area contributed by atoms with E-state index in [4.69, 9.17) is 5.11 Å². The third-order valence-corrected chi connectivity index (χ3v) is 1.74. The van der Waals surface area contributed by atoms with Crippen molar-refractivity contribution in [1.82, 2.24) is 5.32 Å². The molecule has 1 aliphatic heterocycles. The Labute approximate surface area is 47.7 Å². The molecule has 2 unspecified atom stereocenters. The summed E-state index contributed by atoms with van der Waals surface area (Å²) in [6, 6.07) is 0.139. The quantitative estimate of drug-likeness (QED) is 0.466. The van der Waals surface area contributed by atoms with Crippen molar-refractivity contribution in [2.45, 2.75) is 25.4 Å². The second-order valence-electron chi connectivity index (χ2n) is 2.37. The van der Waals surface area contributed by atoms with Gasteiger partial charge in [-0.15, -0.1) is 0 Å². The van der Waals surface area contributed by atoms with Crippen LogP contribution in [-0.4, -0.2) is 22.7 Å². The monoisotopic (exact) mass is 115 g/mol. The van der Waals surface area contributed by atoms with Crippen LogP contribution in [0.15, 0.2) is 0 Å². The lowest BCUT2D eigenvalue weighted by Gasteiger charge is -1.95. The minimum absolute atomic E-state index is 0.139. The van der Waals surface area contributed by atoms with Crippen molar-refractivity contribution in [1.29, 1.82) is 0 Å². The van der Waals surface area contributed by atoms with E-state index in [1.807, 2.05) is 6.92 Å². The molecule has 8 heavy (non-hydrogen) atoms. The number of nitrogens with one attached hydrogen (secondary N) is 1. The van der Waals surface area contributed by atoms with Crippen molar-refractivity contribution in [3.8, 4) is 0 Å². The van der Waals surface area contributed by atoms with Crippen LogP contribution in [0.4, 0.5) is 0 Å². The summed E-state index contributed by atoms with van der Waals surface area (Å²) in [4.78, 5) is 10.2. The minimum Gasteiger partial charge on any atom is -0.480 e. The molecule has 0 saturated carbocycles. The summed E-state index contributed by atoms with van der Waals surface area (Å²) in [5.41, 5.74) is -0.625. The number of hydrogen-bond acceptors (Lipinski definition) is 2. The van der Waals surface area contributed by atoms with Gasteiger partial charge in [0.25, 0.3) is 0 Å². The highest BCUT2D eigenvalue weighted by atomic mass is 16.4. The average Bonchev–Trinajstić information content (AvgIpc) is 2.17. The zero-order valence-electron chi connectivity index (χ0n) is 4.93. The number of hydrogen-bond donors (Lipinski definition) is 2. The van der Waals surface area contributed by atoms with Crippen molar-refractivity contribution >= 4 is 5.97 Å². The second-order valence-corrected chi connectivity index (χ2v) is 2.37. The van der Waals surface area contributed by atoms with Gasteiger partial charge in [0.2, 0.25) is 0 Å². The van der Waals surface area contributed by atoms with Crippen LogP contribution in [0.3, 0.4) is 0 Å². The van der Waals surface area contributed by atoms with Crippen LogP contribution in [0.2, 0.25) is 0 Å². The van der Waals surface area contributed by atoms with Gasteiger partial charge in [-0.1, -0.05) is 0 Å². The average molecular weight is 115 g/mol. The van der Waals surface area contributed by atoms with Crippen molar-refractivity contribution in [3.05, 3.63) is 0 Å². The first-order chi connectivity index (χ1) is 3.57. The largest absolute Gasteiger partial charge is 0.480 e. The van der Waals surface area contributed by atoms with Gasteiger partial charge in [0.1, 0.15) is 5.54 Å². The van der Waals surface area contributed by atoms with Gasteiger partial charge in [-0.05, 0) is 13.8 Å². The molecule has 1 heterocycles. The lowest BCUT2D eigenvalue weighted by Crippen LogP contribution is -2.23. The highest BCUT2D eigenvalue weighted by Crippen LogP contribution is 2.24. The van der Waals surface area contributed by atoms with Crippen LogP contribution < -0.4 is 5.32 Å². The Morgan fingerprint density at radius 1 is 1.88 bits per heavy atom. The van der Waals surface area contributed by atoms with E-state index in [1.54, 1.807) is 6.92 Å². The number of aliphatic carboxylic acids is 1. The van der Waals surface area contributed by atoms with Gasteiger partial charge in [-0.25, -0.2) is 0 Å². The molecule has 0 amide bonds. The fraction of sp³-hybridized carbons (Fsp3) is 0.800. The molecule has 0 bridgehead atoms. The van der Waals surface area contributed by atoms with Gasteiger partial charge in [0.15, 0.2) is 0 Å². The molecule has 1 rings (SSSR count). The Bertz CT molecular complexity index is 134. The first-order valence-corrected chi connectivity index (χ1v) is 2.58. The zero-order chi connectivity index (χ0) is 6.36. The summed E-state index contributed by atoms with van der Waals surface area (Å²) in [6.07, 6.45) is 0. The lowest BCUT2D eigenvalue weighted by atomic mass is 10.1. The smallest absolute Gasteiger partial charge is 0.325 e. The van der Waals surface area contributed by atoms with Gasteiger partial charge in [-0.3, -0.25) is 10.1 Å². The fourth-order valence-electron chi connectivity index (χ4n) is 0.655. The van der Waals surface area contributed by atoms with Crippen molar-refractivity contribution < 1.29 is 9.90 Å². The normalized spacial score (nSPS) is 44.0. The van der Waals surface area contributed by atoms with Crippen molar-refractivity contribution in [3.63, 3.8) is 0 Å². The van der Waals surface area contributed by atoms with E-state index in [0.29, 0.717) is 0 Å². The predicted octanol–water partition coefficient (Wildman–Crippen LogP) is -0.179. The maximum Gasteiger partial charge on any atom is 0.325 e. The van der Waals surface area contributed by atoms with Crippen LogP contribution in [0.25, 0.3) is 0 Å². The van der Waals surface area contributed by atoms with Crippen LogP contribution in [0.1, 0.15) is 13.8 Å². The summed E-state index contributed by atoms with van der Waals surface area (Å²) in [6.45, 7) is 3.54. The molecular weight excluding hydrogens is 106 g/mol. The SMILES string of the molecule is CC1NC1(C)C(=O)O. The maximum absolute atomic E-state index is 10.2.